The standard InChI is InChI=1S/C20H41NO/c1-2-3-4-5-6-7-8-9-10-11-12-13-14-15-16-17-20(21)18-19-22/h21-22H,2-19H2,1H3. The molecule has 22 heavy (non-hydrogen) atoms. The Bertz CT molecular complexity index is 228. The van der Waals surface area contributed by atoms with Crippen LogP contribution in [0.1, 0.15) is 116 Å². The van der Waals surface area contributed by atoms with Gasteiger partial charge in [0, 0.05) is 18.7 Å². The maximum Gasteiger partial charge on any atom is 0.0483 e. The molecule has 0 spiro atoms. The first-order chi connectivity index (χ1) is 10.8. The number of rotatable bonds is 18. The molecular formula is C20H41NO. The summed E-state index contributed by atoms with van der Waals surface area (Å²) in [6.45, 7) is 2.42. The molecule has 0 amide bonds. The normalized spacial score (nSPS) is 11.0. The van der Waals surface area contributed by atoms with Gasteiger partial charge < -0.3 is 10.5 Å². The van der Waals surface area contributed by atoms with Gasteiger partial charge in [0.2, 0.25) is 0 Å². The van der Waals surface area contributed by atoms with Crippen molar-refractivity contribution in [2.24, 2.45) is 0 Å². The fourth-order valence-electron chi connectivity index (χ4n) is 2.97. The van der Waals surface area contributed by atoms with E-state index in [0.717, 1.165) is 18.6 Å². The van der Waals surface area contributed by atoms with Gasteiger partial charge in [0.05, 0.1) is 0 Å². The highest BCUT2D eigenvalue weighted by atomic mass is 16.3. The van der Waals surface area contributed by atoms with Gasteiger partial charge in [-0.25, -0.2) is 0 Å². The predicted molar refractivity (Wildman–Crippen MR) is 99.0 cm³/mol. The van der Waals surface area contributed by atoms with E-state index in [1.54, 1.807) is 0 Å². The Balaban J connectivity index is 3.01. The zero-order chi connectivity index (χ0) is 16.3. The lowest BCUT2D eigenvalue weighted by Crippen LogP contribution is -1.99. The highest BCUT2D eigenvalue weighted by Crippen LogP contribution is 2.13. The first-order valence-corrected chi connectivity index (χ1v) is 9.98. The monoisotopic (exact) mass is 311 g/mol. The smallest absolute Gasteiger partial charge is 0.0483 e. The summed E-state index contributed by atoms with van der Waals surface area (Å²) < 4.78 is 0. The second kappa shape index (κ2) is 18.7. The van der Waals surface area contributed by atoms with Crippen LogP contribution < -0.4 is 0 Å². The van der Waals surface area contributed by atoms with Gasteiger partial charge in [-0.2, -0.15) is 0 Å². The Hall–Kier alpha value is -0.370. The third-order valence-electron chi connectivity index (χ3n) is 4.50. The number of hydrogen-bond donors (Lipinski definition) is 2. The molecule has 0 saturated carbocycles. The second-order valence-electron chi connectivity index (χ2n) is 6.78. The highest BCUT2D eigenvalue weighted by molar-refractivity contribution is 5.81. The molecule has 2 N–H and O–H groups in total. The minimum Gasteiger partial charge on any atom is -0.396 e. The molecule has 2 heteroatoms. The van der Waals surface area contributed by atoms with E-state index in [9.17, 15) is 0 Å². The van der Waals surface area contributed by atoms with Gasteiger partial charge in [-0.15, -0.1) is 0 Å². The van der Waals surface area contributed by atoms with Gasteiger partial charge in [-0.05, 0) is 12.8 Å². The van der Waals surface area contributed by atoms with Crippen LogP contribution in [0, 0.1) is 5.41 Å². The SMILES string of the molecule is CCCCCCCCCCCCCCCCCC(=N)CCO. The summed E-state index contributed by atoms with van der Waals surface area (Å²) in [4.78, 5) is 0. The van der Waals surface area contributed by atoms with Crippen molar-refractivity contribution in [2.75, 3.05) is 6.61 Å². The summed E-state index contributed by atoms with van der Waals surface area (Å²) in [7, 11) is 0. The van der Waals surface area contributed by atoms with Crippen molar-refractivity contribution in [3.05, 3.63) is 0 Å². The lowest BCUT2D eigenvalue weighted by atomic mass is 10.0. The van der Waals surface area contributed by atoms with E-state index in [0.29, 0.717) is 6.42 Å². The van der Waals surface area contributed by atoms with Crippen molar-refractivity contribution in [1.82, 2.24) is 0 Å². The van der Waals surface area contributed by atoms with Crippen LogP contribution in [0.5, 0.6) is 0 Å². The molecule has 0 rings (SSSR count). The summed E-state index contributed by atoms with van der Waals surface area (Å²) in [5.74, 6) is 0. The van der Waals surface area contributed by atoms with Gasteiger partial charge in [0.1, 0.15) is 0 Å². The number of aliphatic hydroxyl groups excluding tert-OH is 1. The quantitative estimate of drug-likeness (QED) is 0.216. The van der Waals surface area contributed by atoms with Gasteiger partial charge in [0.15, 0.2) is 0 Å². The van der Waals surface area contributed by atoms with Crippen LogP contribution in [0.15, 0.2) is 0 Å². The average molecular weight is 312 g/mol. The van der Waals surface area contributed by atoms with Crippen LogP contribution >= 0.6 is 0 Å². The largest absolute Gasteiger partial charge is 0.396 e. The zero-order valence-corrected chi connectivity index (χ0v) is 15.2. The third kappa shape index (κ3) is 17.7. The van der Waals surface area contributed by atoms with Crippen LogP contribution in [0.2, 0.25) is 0 Å². The molecule has 0 unspecified atom stereocenters. The summed E-state index contributed by atoms with van der Waals surface area (Å²) in [6, 6.07) is 0. The molecule has 0 aromatic heterocycles. The minimum atomic E-state index is 0.136. The van der Waals surface area contributed by atoms with E-state index in [1.807, 2.05) is 0 Å². The van der Waals surface area contributed by atoms with Crippen molar-refractivity contribution in [1.29, 1.82) is 5.41 Å². The van der Waals surface area contributed by atoms with Crippen LogP contribution in [-0.4, -0.2) is 17.4 Å². The molecule has 0 aliphatic heterocycles. The Morgan fingerprint density at radius 1 is 0.591 bits per heavy atom. The van der Waals surface area contributed by atoms with Crippen molar-refractivity contribution < 1.29 is 5.11 Å². The highest BCUT2D eigenvalue weighted by Gasteiger charge is 1.97. The molecular weight excluding hydrogens is 270 g/mol. The number of unbranched alkanes of at least 4 members (excludes halogenated alkanes) is 14. The second-order valence-corrected chi connectivity index (χ2v) is 6.78. The van der Waals surface area contributed by atoms with Crippen molar-refractivity contribution in [2.45, 2.75) is 116 Å². The summed E-state index contributed by atoms with van der Waals surface area (Å²) in [6.07, 6.45) is 22.2. The predicted octanol–water partition coefficient (Wildman–Crippen LogP) is 6.65. The van der Waals surface area contributed by atoms with Crippen LogP contribution in [0.25, 0.3) is 0 Å². The third-order valence-corrected chi connectivity index (χ3v) is 4.50. The number of aliphatic hydroxyl groups is 1. The maximum absolute atomic E-state index is 8.72. The molecule has 132 valence electrons. The van der Waals surface area contributed by atoms with Gasteiger partial charge in [-0.1, -0.05) is 96.8 Å². The molecule has 0 aliphatic rings. The van der Waals surface area contributed by atoms with E-state index < -0.39 is 0 Å². The minimum absolute atomic E-state index is 0.136. The Kier molecular flexibility index (Phi) is 18.4. The fraction of sp³-hybridized carbons (Fsp3) is 0.950. The van der Waals surface area contributed by atoms with E-state index in [1.165, 1.54) is 89.9 Å². The molecule has 0 saturated heterocycles. The number of hydrogen-bond acceptors (Lipinski definition) is 2. The molecule has 2 nitrogen and oxygen atoms in total. The molecule has 0 heterocycles. The van der Waals surface area contributed by atoms with Gasteiger partial charge >= 0.3 is 0 Å². The van der Waals surface area contributed by atoms with Crippen LogP contribution in [0.4, 0.5) is 0 Å². The lowest BCUT2D eigenvalue weighted by Gasteiger charge is -2.04. The Morgan fingerprint density at radius 2 is 0.955 bits per heavy atom. The molecule has 0 fully saturated rings. The topological polar surface area (TPSA) is 44.1 Å². The van der Waals surface area contributed by atoms with E-state index in [2.05, 4.69) is 6.92 Å². The van der Waals surface area contributed by atoms with E-state index in [-0.39, 0.29) is 6.61 Å². The number of nitrogens with one attached hydrogen (secondary N) is 1. The summed E-state index contributed by atoms with van der Waals surface area (Å²) in [5.41, 5.74) is 0.720. The molecule has 0 radical (unpaired) electrons. The van der Waals surface area contributed by atoms with Crippen molar-refractivity contribution in [3.8, 4) is 0 Å². The van der Waals surface area contributed by atoms with Crippen LogP contribution in [0.3, 0.4) is 0 Å². The average Bonchev–Trinajstić information content (AvgIpc) is 2.51. The maximum atomic E-state index is 8.72. The zero-order valence-electron chi connectivity index (χ0n) is 15.2. The summed E-state index contributed by atoms with van der Waals surface area (Å²) >= 11 is 0. The van der Waals surface area contributed by atoms with E-state index >= 15 is 0 Å². The first kappa shape index (κ1) is 21.6. The Morgan fingerprint density at radius 3 is 1.32 bits per heavy atom. The molecule has 0 atom stereocenters. The van der Waals surface area contributed by atoms with E-state index in [4.69, 9.17) is 10.5 Å². The van der Waals surface area contributed by atoms with Crippen molar-refractivity contribution >= 4 is 5.71 Å². The molecule has 0 aromatic rings. The van der Waals surface area contributed by atoms with Crippen LogP contribution in [-0.2, 0) is 0 Å². The summed E-state index contributed by atoms with van der Waals surface area (Å²) in [5, 5.41) is 16.3. The Labute approximate surface area is 139 Å². The molecule has 0 aromatic carbocycles. The molecule has 0 bridgehead atoms. The first-order valence-electron chi connectivity index (χ1n) is 9.98. The van der Waals surface area contributed by atoms with Gasteiger partial charge in [0.25, 0.3) is 0 Å². The lowest BCUT2D eigenvalue weighted by molar-refractivity contribution is 0.306. The van der Waals surface area contributed by atoms with Gasteiger partial charge in [-0.3, -0.25) is 0 Å². The molecule has 0 aliphatic carbocycles. The van der Waals surface area contributed by atoms with Crippen molar-refractivity contribution in [3.63, 3.8) is 0 Å². The fourth-order valence-corrected chi connectivity index (χ4v) is 2.97.